The molecule has 128 valence electrons. The van der Waals surface area contributed by atoms with Gasteiger partial charge in [-0.3, -0.25) is 9.48 Å². The number of likely N-dealkylation sites (tertiary alicyclic amines) is 1. The predicted molar refractivity (Wildman–Crippen MR) is 96.5 cm³/mol. The summed E-state index contributed by atoms with van der Waals surface area (Å²) in [5.41, 5.74) is 2.94. The van der Waals surface area contributed by atoms with Gasteiger partial charge in [-0.25, -0.2) is 0 Å². The molecule has 1 atom stereocenters. The van der Waals surface area contributed by atoms with E-state index in [2.05, 4.69) is 24.2 Å². The van der Waals surface area contributed by atoms with Crippen molar-refractivity contribution in [1.29, 1.82) is 0 Å². The number of piperidine rings is 1. The zero-order chi connectivity index (χ0) is 17.1. The van der Waals surface area contributed by atoms with Crippen molar-refractivity contribution >= 4 is 17.5 Å². The summed E-state index contributed by atoms with van der Waals surface area (Å²) in [4.78, 5) is 14.9. The van der Waals surface area contributed by atoms with Gasteiger partial charge in [0.2, 0.25) is 0 Å². The zero-order valence-electron chi connectivity index (χ0n) is 14.3. The van der Waals surface area contributed by atoms with Crippen LogP contribution in [0.5, 0.6) is 0 Å². The van der Waals surface area contributed by atoms with E-state index in [-0.39, 0.29) is 5.91 Å². The predicted octanol–water partition coefficient (Wildman–Crippen LogP) is 4.05. The number of amides is 1. The van der Waals surface area contributed by atoms with Gasteiger partial charge >= 0.3 is 0 Å². The largest absolute Gasteiger partial charge is 0.337 e. The highest BCUT2D eigenvalue weighted by Gasteiger charge is 2.27. The molecule has 0 spiro atoms. The quantitative estimate of drug-likeness (QED) is 0.838. The van der Waals surface area contributed by atoms with Gasteiger partial charge in [0.05, 0.1) is 5.69 Å². The topological polar surface area (TPSA) is 38.1 Å². The summed E-state index contributed by atoms with van der Waals surface area (Å²) >= 11 is 5.98. The van der Waals surface area contributed by atoms with Crippen LogP contribution in [0.1, 0.15) is 53.8 Å². The lowest BCUT2D eigenvalue weighted by molar-refractivity contribution is 0.0696. The third-order valence-electron chi connectivity index (χ3n) is 4.71. The molecular formula is C19H24ClN3O. The maximum absolute atomic E-state index is 12.9. The summed E-state index contributed by atoms with van der Waals surface area (Å²) < 4.78 is 1.72. The Kier molecular flexibility index (Phi) is 5.24. The summed E-state index contributed by atoms with van der Waals surface area (Å²) in [6.07, 6.45) is 4.08. The number of carbonyl (C=O) groups excluding carboxylic acids is 1. The molecule has 0 N–H and O–H groups in total. The second-order valence-corrected chi connectivity index (χ2v) is 6.97. The van der Waals surface area contributed by atoms with Crippen LogP contribution < -0.4 is 0 Å². The number of nitrogens with zero attached hydrogens (tertiary/aromatic N) is 3. The summed E-state index contributed by atoms with van der Waals surface area (Å²) in [5.74, 6) is 0.467. The molecule has 1 aromatic heterocycles. The third-order valence-corrected chi connectivity index (χ3v) is 4.96. The summed E-state index contributed by atoms with van der Waals surface area (Å²) in [5, 5.41) is 5.21. The molecule has 0 saturated carbocycles. The fourth-order valence-corrected chi connectivity index (χ4v) is 3.56. The van der Waals surface area contributed by atoms with Crippen molar-refractivity contribution in [1.82, 2.24) is 14.7 Å². The monoisotopic (exact) mass is 345 g/mol. The molecule has 1 aliphatic heterocycles. The van der Waals surface area contributed by atoms with Crippen LogP contribution in [0.15, 0.2) is 30.3 Å². The van der Waals surface area contributed by atoms with Crippen molar-refractivity contribution in [3.05, 3.63) is 52.3 Å². The van der Waals surface area contributed by atoms with Crippen molar-refractivity contribution in [2.75, 3.05) is 13.1 Å². The van der Waals surface area contributed by atoms with E-state index in [4.69, 9.17) is 11.6 Å². The zero-order valence-corrected chi connectivity index (χ0v) is 15.1. The van der Waals surface area contributed by atoms with Gasteiger partial charge in [-0.05, 0) is 43.0 Å². The van der Waals surface area contributed by atoms with Crippen LogP contribution in [-0.4, -0.2) is 33.7 Å². The van der Waals surface area contributed by atoms with Crippen LogP contribution in [-0.2, 0) is 13.5 Å². The van der Waals surface area contributed by atoms with E-state index >= 15 is 0 Å². The Balaban J connectivity index is 1.74. The molecule has 1 aromatic carbocycles. The first kappa shape index (κ1) is 17.0. The number of rotatable bonds is 4. The summed E-state index contributed by atoms with van der Waals surface area (Å²) in [6.45, 7) is 3.70. The van der Waals surface area contributed by atoms with Gasteiger partial charge in [-0.2, -0.15) is 5.10 Å². The molecule has 1 saturated heterocycles. The van der Waals surface area contributed by atoms with E-state index in [1.54, 1.807) is 4.68 Å². The first-order valence-corrected chi connectivity index (χ1v) is 9.04. The van der Waals surface area contributed by atoms with E-state index < -0.39 is 0 Å². The van der Waals surface area contributed by atoms with E-state index in [1.165, 1.54) is 5.56 Å². The Morgan fingerprint density at radius 3 is 2.79 bits per heavy atom. The van der Waals surface area contributed by atoms with Crippen molar-refractivity contribution in [3.8, 4) is 0 Å². The molecule has 0 bridgehead atoms. The number of hydrogen-bond acceptors (Lipinski definition) is 2. The molecule has 1 fully saturated rings. The second-order valence-electron chi connectivity index (χ2n) is 6.54. The van der Waals surface area contributed by atoms with Gasteiger partial charge in [0.1, 0.15) is 5.69 Å². The number of carbonyl (C=O) groups is 1. The molecule has 4 nitrogen and oxygen atoms in total. The molecule has 2 heterocycles. The average Bonchev–Trinajstić information content (AvgIpc) is 2.96. The minimum Gasteiger partial charge on any atom is -0.337 e. The Morgan fingerprint density at radius 2 is 2.08 bits per heavy atom. The number of halogens is 1. The van der Waals surface area contributed by atoms with Crippen LogP contribution in [0.2, 0.25) is 5.02 Å². The average molecular weight is 346 g/mol. The van der Waals surface area contributed by atoms with Crippen molar-refractivity contribution in [2.45, 2.75) is 38.5 Å². The fourth-order valence-electron chi connectivity index (χ4n) is 3.44. The number of aromatic nitrogens is 2. The molecule has 1 unspecified atom stereocenters. The second kappa shape index (κ2) is 7.39. The van der Waals surface area contributed by atoms with Crippen LogP contribution in [0.25, 0.3) is 0 Å². The van der Waals surface area contributed by atoms with Crippen LogP contribution in [0.4, 0.5) is 0 Å². The molecular weight excluding hydrogens is 322 g/mol. The van der Waals surface area contributed by atoms with E-state index in [9.17, 15) is 4.79 Å². The summed E-state index contributed by atoms with van der Waals surface area (Å²) in [6, 6.07) is 9.94. The first-order chi connectivity index (χ1) is 11.6. The minimum absolute atomic E-state index is 0.0889. The fraction of sp³-hybridized carbons (Fsp3) is 0.474. The van der Waals surface area contributed by atoms with Crippen molar-refractivity contribution in [3.63, 3.8) is 0 Å². The Morgan fingerprint density at radius 1 is 1.33 bits per heavy atom. The van der Waals surface area contributed by atoms with Gasteiger partial charge in [-0.15, -0.1) is 0 Å². The molecule has 0 aliphatic carbocycles. The highest BCUT2D eigenvalue weighted by Crippen LogP contribution is 2.28. The van der Waals surface area contributed by atoms with Crippen LogP contribution in [0.3, 0.4) is 0 Å². The highest BCUT2D eigenvalue weighted by molar-refractivity contribution is 6.30. The number of aryl methyl sites for hydroxylation is 2. The van der Waals surface area contributed by atoms with Gasteiger partial charge < -0.3 is 4.90 Å². The van der Waals surface area contributed by atoms with Crippen LogP contribution in [0, 0.1) is 0 Å². The molecule has 5 heteroatoms. The lowest BCUT2D eigenvalue weighted by Gasteiger charge is -2.33. The van der Waals surface area contributed by atoms with Crippen molar-refractivity contribution in [2.24, 2.45) is 7.05 Å². The van der Waals surface area contributed by atoms with Gasteiger partial charge in [0.25, 0.3) is 5.91 Å². The Bertz CT molecular complexity index is 708. The lowest BCUT2D eigenvalue weighted by atomic mass is 9.90. The molecule has 24 heavy (non-hydrogen) atoms. The molecule has 0 radical (unpaired) electrons. The first-order valence-electron chi connectivity index (χ1n) is 8.66. The van der Waals surface area contributed by atoms with Crippen molar-refractivity contribution < 1.29 is 4.79 Å². The molecule has 2 aromatic rings. The normalized spacial score (nSPS) is 18.0. The maximum Gasteiger partial charge on any atom is 0.272 e. The molecule has 1 amide bonds. The molecule has 1 aliphatic rings. The summed E-state index contributed by atoms with van der Waals surface area (Å²) in [7, 11) is 1.85. The van der Waals surface area contributed by atoms with E-state index in [1.807, 2.05) is 30.1 Å². The molecule has 3 rings (SSSR count). The van der Waals surface area contributed by atoms with Gasteiger partial charge in [0.15, 0.2) is 0 Å². The van der Waals surface area contributed by atoms with Gasteiger partial charge in [-0.1, -0.05) is 37.1 Å². The number of hydrogen-bond donors (Lipinski definition) is 0. The minimum atomic E-state index is 0.0889. The third kappa shape index (κ3) is 3.64. The Hall–Kier alpha value is -1.81. The SMILES string of the molecule is CCCc1cc(C(=O)N2CCCC(c3ccc(Cl)cc3)C2)n(C)n1. The smallest absolute Gasteiger partial charge is 0.272 e. The van der Waals surface area contributed by atoms with E-state index in [0.29, 0.717) is 11.6 Å². The Labute approximate surface area is 148 Å². The maximum atomic E-state index is 12.9. The van der Waals surface area contributed by atoms with E-state index in [0.717, 1.165) is 49.5 Å². The number of benzene rings is 1. The standard InChI is InChI=1S/C19H24ClN3O/c1-3-5-17-12-18(22(2)21-17)19(24)23-11-4-6-15(13-23)14-7-9-16(20)10-8-14/h7-10,12,15H,3-6,11,13H2,1-2H3. The highest BCUT2D eigenvalue weighted by atomic mass is 35.5. The lowest BCUT2D eigenvalue weighted by Crippen LogP contribution is -2.39. The van der Waals surface area contributed by atoms with Gasteiger partial charge in [0, 0.05) is 31.1 Å². The van der Waals surface area contributed by atoms with Crippen LogP contribution >= 0.6 is 11.6 Å².